The van der Waals surface area contributed by atoms with Crippen molar-refractivity contribution >= 4 is 15.9 Å². The summed E-state index contributed by atoms with van der Waals surface area (Å²) in [5.41, 5.74) is 4.31. The zero-order chi connectivity index (χ0) is 13.1. The molecule has 0 aliphatic carbocycles. The third-order valence-corrected chi connectivity index (χ3v) is 4.41. The standard InChI is InChI=1S/C15H23BrN2/c1-4-17-5-7-18(8-6-17)11-15-12(2)9-14(16)10-13(15)3/h9-10H,4-8,11H2,1-3H3. The van der Waals surface area contributed by atoms with Gasteiger partial charge in [0.25, 0.3) is 0 Å². The molecule has 0 spiro atoms. The molecule has 0 aromatic heterocycles. The Labute approximate surface area is 119 Å². The number of piperazine rings is 1. The first-order valence-electron chi connectivity index (χ1n) is 6.80. The summed E-state index contributed by atoms with van der Waals surface area (Å²) in [4.78, 5) is 5.10. The highest BCUT2D eigenvalue weighted by Crippen LogP contribution is 2.22. The molecule has 0 N–H and O–H groups in total. The van der Waals surface area contributed by atoms with Gasteiger partial charge in [-0.1, -0.05) is 22.9 Å². The number of benzene rings is 1. The van der Waals surface area contributed by atoms with Gasteiger partial charge in [-0.3, -0.25) is 4.90 Å². The minimum absolute atomic E-state index is 1.10. The van der Waals surface area contributed by atoms with E-state index in [4.69, 9.17) is 0 Å². The molecule has 2 rings (SSSR count). The maximum absolute atomic E-state index is 3.57. The van der Waals surface area contributed by atoms with Crippen molar-refractivity contribution in [2.45, 2.75) is 27.3 Å². The fourth-order valence-corrected chi connectivity index (χ4v) is 3.36. The first kappa shape index (κ1) is 14.0. The molecule has 0 saturated carbocycles. The summed E-state index contributed by atoms with van der Waals surface area (Å²) in [6.45, 7) is 13.8. The molecule has 1 saturated heterocycles. The highest BCUT2D eigenvalue weighted by molar-refractivity contribution is 9.10. The molecule has 100 valence electrons. The van der Waals surface area contributed by atoms with Gasteiger partial charge >= 0.3 is 0 Å². The molecular weight excluding hydrogens is 288 g/mol. The average Bonchev–Trinajstić information content (AvgIpc) is 2.34. The molecule has 1 aromatic rings. The average molecular weight is 311 g/mol. The smallest absolute Gasteiger partial charge is 0.0240 e. The predicted molar refractivity (Wildman–Crippen MR) is 81.0 cm³/mol. The molecule has 0 atom stereocenters. The van der Waals surface area contributed by atoms with Crippen LogP contribution in [0.4, 0.5) is 0 Å². The van der Waals surface area contributed by atoms with Gasteiger partial charge in [-0.2, -0.15) is 0 Å². The topological polar surface area (TPSA) is 6.48 Å². The van der Waals surface area contributed by atoms with E-state index in [0.717, 1.165) is 6.54 Å². The largest absolute Gasteiger partial charge is 0.301 e. The van der Waals surface area contributed by atoms with Crippen LogP contribution in [0, 0.1) is 13.8 Å². The van der Waals surface area contributed by atoms with Gasteiger partial charge in [0, 0.05) is 37.2 Å². The van der Waals surface area contributed by atoms with E-state index in [1.807, 2.05) is 0 Å². The van der Waals surface area contributed by atoms with E-state index < -0.39 is 0 Å². The van der Waals surface area contributed by atoms with Crippen LogP contribution in [-0.4, -0.2) is 42.5 Å². The fourth-order valence-electron chi connectivity index (χ4n) is 2.68. The zero-order valence-corrected chi connectivity index (χ0v) is 13.3. The Hall–Kier alpha value is -0.380. The summed E-state index contributed by atoms with van der Waals surface area (Å²) in [6, 6.07) is 4.45. The van der Waals surface area contributed by atoms with Gasteiger partial charge in [-0.15, -0.1) is 0 Å². The first-order valence-corrected chi connectivity index (χ1v) is 7.59. The molecule has 1 aliphatic rings. The van der Waals surface area contributed by atoms with Crippen molar-refractivity contribution in [3.63, 3.8) is 0 Å². The van der Waals surface area contributed by atoms with Crippen LogP contribution in [-0.2, 0) is 6.54 Å². The van der Waals surface area contributed by atoms with Crippen LogP contribution in [0.2, 0.25) is 0 Å². The van der Waals surface area contributed by atoms with Gasteiger partial charge < -0.3 is 4.90 Å². The Morgan fingerprint density at radius 3 is 2.00 bits per heavy atom. The van der Waals surface area contributed by atoms with E-state index in [9.17, 15) is 0 Å². The molecule has 0 radical (unpaired) electrons. The second-order valence-corrected chi connectivity index (χ2v) is 6.14. The highest BCUT2D eigenvalue weighted by Gasteiger charge is 2.17. The number of hydrogen-bond acceptors (Lipinski definition) is 2. The molecule has 1 heterocycles. The minimum atomic E-state index is 1.10. The van der Waals surface area contributed by atoms with Crippen LogP contribution < -0.4 is 0 Å². The van der Waals surface area contributed by atoms with Gasteiger partial charge in [0.1, 0.15) is 0 Å². The minimum Gasteiger partial charge on any atom is -0.301 e. The molecule has 1 aromatic carbocycles. The van der Waals surface area contributed by atoms with Crippen LogP contribution in [0.1, 0.15) is 23.6 Å². The Bertz CT molecular complexity index is 386. The number of rotatable bonds is 3. The molecule has 18 heavy (non-hydrogen) atoms. The zero-order valence-electron chi connectivity index (χ0n) is 11.7. The molecule has 3 heteroatoms. The fraction of sp³-hybridized carbons (Fsp3) is 0.600. The third-order valence-electron chi connectivity index (χ3n) is 3.95. The number of halogens is 1. The van der Waals surface area contributed by atoms with E-state index in [1.165, 1.54) is 53.9 Å². The molecule has 0 amide bonds. The summed E-state index contributed by atoms with van der Waals surface area (Å²) in [5, 5.41) is 0. The Kier molecular flexibility index (Phi) is 4.82. The van der Waals surface area contributed by atoms with Crippen molar-refractivity contribution in [2.75, 3.05) is 32.7 Å². The lowest BCUT2D eigenvalue weighted by atomic mass is 10.0. The van der Waals surface area contributed by atoms with Crippen molar-refractivity contribution in [2.24, 2.45) is 0 Å². The maximum Gasteiger partial charge on any atom is 0.0240 e. The number of hydrogen-bond donors (Lipinski definition) is 0. The molecule has 1 aliphatic heterocycles. The number of likely N-dealkylation sites (N-methyl/N-ethyl adjacent to an activating group) is 1. The van der Waals surface area contributed by atoms with Crippen molar-refractivity contribution in [3.8, 4) is 0 Å². The Morgan fingerprint density at radius 2 is 1.50 bits per heavy atom. The number of nitrogens with zero attached hydrogens (tertiary/aromatic N) is 2. The SMILES string of the molecule is CCN1CCN(Cc2c(C)cc(Br)cc2C)CC1. The first-order chi connectivity index (χ1) is 8.60. The molecule has 0 unspecified atom stereocenters. The molecule has 2 nitrogen and oxygen atoms in total. The van der Waals surface area contributed by atoms with Crippen molar-refractivity contribution in [1.29, 1.82) is 0 Å². The van der Waals surface area contributed by atoms with Gasteiger partial charge in [-0.25, -0.2) is 0 Å². The molecule has 0 bridgehead atoms. The lowest BCUT2D eigenvalue weighted by Crippen LogP contribution is -2.45. The second kappa shape index (κ2) is 6.18. The van der Waals surface area contributed by atoms with Crippen LogP contribution in [0.15, 0.2) is 16.6 Å². The van der Waals surface area contributed by atoms with Crippen molar-refractivity contribution in [1.82, 2.24) is 9.80 Å². The van der Waals surface area contributed by atoms with Crippen LogP contribution >= 0.6 is 15.9 Å². The van der Waals surface area contributed by atoms with Gasteiger partial charge in [0.2, 0.25) is 0 Å². The molecule has 1 fully saturated rings. The Balaban J connectivity index is 2.02. The van der Waals surface area contributed by atoms with E-state index in [-0.39, 0.29) is 0 Å². The van der Waals surface area contributed by atoms with E-state index in [0.29, 0.717) is 0 Å². The lowest BCUT2D eigenvalue weighted by molar-refractivity contribution is 0.131. The Morgan fingerprint density at radius 1 is 1.00 bits per heavy atom. The van der Waals surface area contributed by atoms with E-state index in [2.05, 4.69) is 58.6 Å². The van der Waals surface area contributed by atoms with Gasteiger partial charge in [0.15, 0.2) is 0 Å². The predicted octanol–water partition coefficient (Wildman–Crippen LogP) is 3.20. The third kappa shape index (κ3) is 3.34. The number of aryl methyl sites for hydroxylation is 2. The monoisotopic (exact) mass is 310 g/mol. The quantitative estimate of drug-likeness (QED) is 0.846. The van der Waals surface area contributed by atoms with Crippen LogP contribution in [0.25, 0.3) is 0 Å². The molecular formula is C15H23BrN2. The summed E-state index contributed by atoms with van der Waals surface area (Å²) >= 11 is 3.57. The lowest BCUT2D eigenvalue weighted by Gasteiger charge is -2.34. The van der Waals surface area contributed by atoms with E-state index >= 15 is 0 Å². The highest BCUT2D eigenvalue weighted by atomic mass is 79.9. The second-order valence-electron chi connectivity index (χ2n) is 5.23. The van der Waals surface area contributed by atoms with Crippen LogP contribution in [0.3, 0.4) is 0 Å². The van der Waals surface area contributed by atoms with E-state index in [1.54, 1.807) is 0 Å². The van der Waals surface area contributed by atoms with Gasteiger partial charge in [-0.05, 0) is 49.2 Å². The summed E-state index contributed by atoms with van der Waals surface area (Å²) < 4.78 is 1.19. The summed E-state index contributed by atoms with van der Waals surface area (Å²) in [5.74, 6) is 0. The summed E-state index contributed by atoms with van der Waals surface area (Å²) in [7, 11) is 0. The van der Waals surface area contributed by atoms with Crippen LogP contribution in [0.5, 0.6) is 0 Å². The van der Waals surface area contributed by atoms with Crippen molar-refractivity contribution in [3.05, 3.63) is 33.3 Å². The van der Waals surface area contributed by atoms with Crippen molar-refractivity contribution < 1.29 is 0 Å². The summed E-state index contributed by atoms with van der Waals surface area (Å²) in [6.07, 6.45) is 0. The normalized spacial score (nSPS) is 18.2. The van der Waals surface area contributed by atoms with Gasteiger partial charge in [0.05, 0.1) is 0 Å². The maximum atomic E-state index is 3.57.